The van der Waals surface area contributed by atoms with Crippen LogP contribution in [0.4, 0.5) is 10.1 Å². The molecule has 1 N–H and O–H groups in total. The van der Waals surface area contributed by atoms with Crippen LogP contribution in [0.15, 0.2) is 33.4 Å². The van der Waals surface area contributed by atoms with Gasteiger partial charge in [-0.15, -0.1) is 0 Å². The molecule has 0 aliphatic rings. The number of ether oxygens (including phenoxy) is 1. The Kier molecular flexibility index (Phi) is 3.90. The summed E-state index contributed by atoms with van der Waals surface area (Å²) in [5.41, 5.74) is 1.08. The van der Waals surface area contributed by atoms with E-state index in [1.807, 2.05) is 0 Å². The fraction of sp³-hybridized carbons (Fsp3) is 0.154. The molecule has 19 heavy (non-hydrogen) atoms. The van der Waals surface area contributed by atoms with Gasteiger partial charge in [-0.1, -0.05) is 0 Å². The summed E-state index contributed by atoms with van der Waals surface area (Å²) in [5.74, 6) is -0.422. The average Bonchev–Trinajstić information content (AvgIpc) is 2.70. The van der Waals surface area contributed by atoms with Crippen LogP contribution in [-0.2, 0) is 0 Å². The summed E-state index contributed by atoms with van der Waals surface area (Å²) in [6, 6.07) is 5.56. The van der Waals surface area contributed by atoms with E-state index in [9.17, 15) is 9.18 Å². The molecule has 1 aromatic heterocycles. The second-order valence-corrected chi connectivity index (χ2v) is 4.64. The van der Waals surface area contributed by atoms with Gasteiger partial charge >= 0.3 is 0 Å². The quantitative estimate of drug-likeness (QED) is 0.934. The van der Waals surface area contributed by atoms with E-state index in [0.29, 0.717) is 15.9 Å². The predicted molar refractivity (Wildman–Crippen MR) is 72.1 cm³/mol. The van der Waals surface area contributed by atoms with Crippen molar-refractivity contribution >= 4 is 27.5 Å². The van der Waals surface area contributed by atoms with E-state index in [0.717, 1.165) is 0 Å². The summed E-state index contributed by atoms with van der Waals surface area (Å²) in [4.78, 5) is 12.0. The van der Waals surface area contributed by atoms with Crippen molar-refractivity contribution in [2.75, 3.05) is 12.4 Å². The molecule has 100 valence electrons. The lowest BCUT2D eigenvalue weighted by Crippen LogP contribution is -2.13. The number of aryl methyl sites for hydroxylation is 1. The minimum Gasteiger partial charge on any atom is -0.494 e. The lowest BCUT2D eigenvalue weighted by molar-refractivity contribution is 0.0994. The molecule has 0 atom stereocenters. The molecule has 1 aromatic carbocycles. The van der Waals surface area contributed by atoms with Gasteiger partial charge in [-0.2, -0.15) is 0 Å². The molecule has 0 aliphatic carbocycles. The lowest BCUT2D eigenvalue weighted by Gasteiger charge is -2.09. The Bertz CT molecular complexity index is 624. The number of amides is 1. The first-order valence-corrected chi connectivity index (χ1v) is 6.21. The zero-order valence-corrected chi connectivity index (χ0v) is 11.9. The van der Waals surface area contributed by atoms with Gasteiger partial charge in [-0.05, 0) is 41.1 Å². The van der Waals surface area contributed by atoms with Gasteiger partial charge in [0.25, 0.3) is 5.91 Å². The molecular weight excluding hydrogens is 317 g/mol. The van der Waals surface area contributed by atoms with Crippen molar-refractivity contribution < 1.29 is 18.3 Å². The molecule has 0 saturated heterocycles. The van der Waals surface area contributed by atoms with Crippen molar-refractivity contribution in [1.82, 2.24) is 0 Å². The van der Waals surface area contributed by atoms with Crippen LogP contribution in [0, 0.1) is 12.7 Å². The Balaban J connectivity index is 2.26. The van der Waals surface area contributed by atoms with Gasteiger partial charge in [-0.25, -0.2) is 4.39 Å². The normalized spacial score (nSPS) is 10.3. The summed E-state index contributed by atoms with van der Waals surface area (Å²) >= 11 is 3.15. The van der Waals surface area contributed by atoms with Crippen LogP contribution in [0.3, 0.4) is 0 Å². The minimum atomic E-state index is -0.438. The first kappa shape index (κ1) is 13.6. The number of carbonyl (C=O) groups excluding carboxylic acids is 1. The van der Waals surface area contributed by atoms with E-state index in [1.54, 1.807) is 13.0 Å². The Morgan fingerprint density at radius 3 is 2.74 bits per heavy atom. The third-order valence-electron chi connectivity index (χ3n) is 2.51. The third kappa shape index (κ3) is 2.96. The van der Waals surface area contributed by atoms with E-state index in [4.69, 9.17) is 9.15 Å². The maximum Gasteiger partial charge on any atom is 0.291 e. The van der Waals surface area contributed by atoms with E-state index in [-0.39, 0.29) is 11.5 Å². The molecule has 0 spiro atoms. The van der Waals surface area contributed by atoms with E-state index >= 15 is 0 Å². The molecule has 1 amide bonds. The molecule has 2 aromatic rings. The molecule has 2 rings (SSSR count). The van der Waals surface area contributed by atoms with Gasteiger partial charge < -0.3 is 14.5 Å². The SMILES string of the molecule is COc1cc(F)ccc1NC(=O)c1oc(Br)cc1C. The maximum absolute atomic E-state index is 13.0. The first-order valence-electron chi connectivity index (χ1n) is 5.42. The number of halogens is 2. The average molecular weight is 328 g/mol. The molecule has 6 heteroatoms. The lowest BCUT2D eigenvalue weighted by atomic mass is 10.2. The summed E-state index contributed by atoms with van der Waals surface area (Å²) in [6.07, 6.45) is 0. The van der Waals surface area contributed by atoms with Gasteiger partial charge in [0.15, 0.2) is 10.4 Å². The van der Waals surface area contributed by atoms with Crippen LogP contribution in [-0.4, -0.2) is 13.0 Å². The van der Waals surface area contributed by atoms with Gasteiger partial charge in [0.2, 0.25) is 0 Å². The second kappa shape index (κ2) is 5.44. The number of methoxy groups -OCH3 is 1. The highest BCUT2D eigenvalue weighted by molar-refractivity contribution is 9.10. The predicted octanol–water partition coefficient (Wildman–Crippen LogP) is 3.75. The Labute approximate surface area is 117 Å². The Hall–Kier alpha value is -1.82. The molecule has 1 heterocycles. The zero-order chi connectivity index (χ0) is 14.0. The van der Waals surface area contributed by atoms with Crippen molar-refractivity contribution in [2.45, 2.75) is 6.92 Å². The molecule has 0 aliphatic heterocycles. The van der Waals surface area contributed by atoms with Crippen LogP contribution >= 0.6 is 15.9 Å². The molecule has 0 saturated carbocycles. The fourth-order valence-corrected chi connectivity index (χ4v) is 2.12. The highest BCUT2D eigenvalue weighted by Crippen LogP contribution is 2.27. The maximum atomic E-state index is 13.0. The number of benzene rings is 1. The van der Waals surface area contributed by atoms with Gasteiger partial charge in [-0.3, -0.25) is 4.79 Å². The summed E-state index contributed by atoms with van der Waals surface area (Å²) in [6.45, 7) is 1.76. The number of hydrogen-bond donors (Lipinski definition) is 1. The number of rotatable bonds is 3. The number of anilines is 1. The molecular formula is C13H11BrFNO3. The summed E-state index contributed by atoms with van der Waals surface area (Å²) in [7, 11) is 1.40. The van der Waals surface area contributed by atoms with Crippen LogP contribution in [0.25, 0.3) is 0 Å². The smallest absolute Gasteiger partial charge is 0.291 e. The van der Waals surface area contributed by atoms with Gasteiger partial charge in [0.05, 0.1) is 12.8 Å². The molecule has 0 unspecified atom stereocenters. The Morgan fingerprint density at radius 1 is 1.42 bits per heavy atom. The standard InChI is InChI=1S/C13H11BrFNO3/c1-7-5-11(14)19-12(7)13(17)16-9-4-3-8(15)6-10(9)18-2/h3-6H,1-2H3,(H,16,17). The third-order valence-corrected chi connectivity index (χ3v) is 2.90. The minimum absolute atomic E-state index is 0.193. The number of nitrogens with one attached hydrogen (secondary N) is 1. The zero-order valence-electron chi connectivity index (χ0n) is 10.3. The monoisotopic (exact) mass is 327 g/mol. The van der Waals surface area contributed by atoms with Crippen molar-refractivity contribution in [1.29, 1.82) is 0 Å². The van der Waals surface area contributed by atoms with Crippen LogP contribution in [0.5, 0.6) is 5.75 Å². The van der Waals surface area contributed by atoms with Gasteiger partial charge in [0.1, 0.15) is 11.6 Å². The molecule has 0 bridgehead atoms. The van der Waals surface area contributed by atoms with E-state index < -0.39 is 11.7 Å². The molecule has 0 fully saturated rings. The van der Waals surface area contributed by atoms with E-state index in [2.05, 4.69) is 21.2 Å². The van der Waals surface area contributed by atoms with E-state index in [1.165, 1.54) is 25.3 Å². The van der Waals surface area contributed by atoms with Crippen LogP contribution in [0.2, 0.25) is 0 Å². The number of furan rings is 1. The summed E-state index contributed by atoms with van der Waals surface area (Å²) in [5, 5.41) is 2.61. The van der Waals surface area contributed by atoms with Crippen molar-refractivity contribution in [2.24, 2.45) is 0 Å². The van der Waals surface area contributed by atoms with Crippen molar-refractivity contribution in [3.05, 3.63) is 46.1 Å². The van der Waals surface area contributed by atoms with Gasteiger partial charge in [0, 0.05) is 11.6 Å². The summed E-state index contributed by atoms with van der Waals surface area (Å²) < 4.78 is 23.8. The highest BCUT2D eigenvalue weighted by atomic mass is 79.9. The highest BCUT2D eigenvalue weighted by Gasteiger charge is 2.17. The second-order valence-electron chi connectivity index (χ2n) is 3.86. The largest absolute Gasteiger partial charge is 0.494 e. The van der Waals surface area contributed by atoms with Crippen LogP contribution in [0.1, 0.15) is 16.1 Å². The topological polar surface area (TPSA) is 51.5 Å². The number of carbonyl (C=O) groups is 1. The molecule has 4 nitrogen and oxygen atoms in total. The Morgan fingerprint density at radius 2 is 2.16 bits per heavy atom. The van der Waals surface area contributed by atoms with Crippen molar-refractivity contribution in [3.63, 3.8) is 0 Å². The fourth-order valence-electron chi connectivity index (χ4n) is 1.62. The number of hydrogen-bond acceptors (Lipinski definition) is 3. The van der Waals surface area contributed by atoms with Crippen LogP contribution < -0.4 is 10.1 Å². The first-order chi connectivity index (χ1) is 9.01. The van der Waals surface area contributed by atoms with Crippen molar-refractivity contribution in [3.8, 4) is 5.75 Å². The molecule has 0 radical (unpaired) electrons.